The van der Waals surface area contributed by atoms with Gasteiger partial charge in [0.2, 0.25) is 5.91 Å². The number of para-hydroxylation sites is 1. The highest BCUT2D eigenvalue weighted by atomic mass is 35.5. The molecule has 0 radical (unpaired) electrons. The van der Waals surface area contributed by atoms with Gasteiger partial charge in [0.25, 0.3) is 5.91 Å². The lowest BCUT2D eigenvalue weighted by Crippen LogP contribution is -2.27. The molecule has 3 aromatic carbocycles. The van der Waals surface area contributed by atoms with Crippen molar-refractivity contribution >= 4 is 51.8 Å². The van der Waals surface area contributed by atoms with Crippen LogP contribution in [0.3, 0.4) is 0 Å². The number of carbonyl (C=O) groups is 2. The zero-order valence-electron chi connectivity index (χ0n) is 19.1. The molecule has 2 N–H and O–H groups in total. The number of anilines is 1. The highest BCUT2D eigenvalue weighted by Gasteiger charge is 2.12. The molecule has 4 rings (SSSR count). The Hall–Kier alpha value is -3.22. The first-order chi connectivity index (χ1) is 16.4. The van der Waals surface area contributed by atoms with Gasteiger partial charge in [-0.3, -0.25) is 9.59 Å². The first-order valence-corrected chi connectivity index (χ1v) is 12.4. The molecule has 0 saturated carbocycles. The fraction of sp³-hybridized carbons (Fsp3) is 0.185. The van der Waals surface area contributed by atoms with Gasteiger partial charge in [-0.25, -0.2) is 0 Å². The number of nitrogens with one attached hydrogen (secondary N) is 2. The van der Waals surface area contributed by atoms with E-state index in [1.807, 2.05) is 68.6 Å². The van der Waals surface area contributed by atoms with Crippen molar-refractivity contribution in [2.24, 2.45) is 0 Å². The number of rotatable bonds is 8. The highest BCUT2D eigenvalue weighted by molar-refractivity contribution is 8.00. The summed E-state index contributed by atoms with van der Waals surface area (Å²) in [6.07, 6.45) is 2.05. The van der Waals surface area contributed by atoms with Crippen LogP contribution in [0.25, 0.3) is 10.9 Å². The Kier molecular flexibility index (Phi) is 7.60. The number of nitrogens with zero attached hydrogens (tertiary/aromatic N) is 1. The topological polar surface area (TPSA) is 63.1 Å². The summed E-state index contributed by atoms with van der Waals surface area (Å²) in [6, 6.07) is 21.1. The SMILES string of the molecule is Cc1ccc(C(=O)NCCn2cc(SCC(=O)Nc3ccc(C)c(Cl)c3)c3ccccc32)cc1. The molecular formula is C27H26ClN3O2S. The smallest absolute Gasteiger partial charge is 0.251 e. The predicted molar refractivity (Wildman–Crippen MR) is 141 cm³/mol. The van der Waals surface area contributed by atoms with Crippen LogP contribution in [0.1, 0.15) is 21.5 Å². The molecule has 0 unspecified atom stereocenters. The maximum Gasteiger partial charge on any atom is 0.251 e. The Balaban J connectivity index is 1.38. The van der Waals surface area contributed by atoms with Crippen LogP contribution in [0.4, 0.5) is 5.69 Å². The largest absolute Gasteiger partial charge is 0.350 e. The second-order valence-corrected chi connectivity index (χ2v) is 9.55. The molecule has 5 nitrogen and oxygen atoms in total. The van der Waals surface area contributed by atoms with E-state index >= 15 is 0 Å². The van der Waals surface area contributed by atoms with E-state index in [2.05, 4.69) is 27.3 Å². The molecule has 0 aliphatic carbocycles. The molecule has 2 amide bonds. The Morgan fingerprint density at radius 3 is 2.53 bits per heavy atom. The Morgan fingerprint density at radius 2 is 1.76 bits per heavy atom. The quantitative estimate of drug-likeness (QED) is 0.294. The van der Waals surface area contributed by atoms with Crippen LogP contribution in [0, 0.1) is 13.8 Å². The first kappa shape index (κ1) is 23.9. The Bertz CT molecular complexity index is 1330. The lowest BCUT2D eigenvalue weighted by atomic mass is 10.1. The molecule has 0 atom stereocenters. The fourth-order valence-corrected chi connectivity index (χ4v) is 4.69. The van der Waals surface area contributed by atoms with Gasteiger partial charge >= 0.3 is 0 Å². The number of carbonyl (C=O) groups excluding carboxylic acids is 2. The van der Waals surface area contributed by atoms with E-state index in [1.165, 1.54) is 11.8 Å². The van der Waals surface area contributed by atoms with Crippen LogP contribution >= 0.6 is 23.4 Å². The van der Waals surface area contributed by atoms with Gasteiger partial charge in [-0.2, -0.15) is 0 Å². The summed E-state index contributed by atoms with van der Waals surface area (Å²) in [4.78, 5) is 25.9. The van der Waals surface area contributed by atoms with Crippen molar-refractivity contribution in [2.45, 2.75) is 25.3 Å². The molecule has 1 aromatic heterocycles. The van der Waals surface area contributed by atoms with Gasteiger partial charge in [-0.1, -0.05) is 53.6 Å². The molecule has 0 saturated heterocycles. The molecule has 0 aliphatic heterocycles. The average molecular weight is 492 g/mol. The first-order valence-electron chi connectivity index (χ1n) is 11.0. The summed E-state index contributed by atoms with van der Waals surface area (Å²) in [7, 11) is 0. The molecule has 174 valence electrons. The van der Waals surface area contributed by atoms with Crippen molar-refractivity contribution in [3.8, 4) is 0 Å². The summed E-state index contributed by atoms with van der Waals surface area (Å²) in [5, 5.41) is 7.60. The van der Waals surface area contributed by atoms with Crippen molar-refractivity contribution < 1.29 is 9.59 Å². The second-order valence-electron chi connectivity index (χ2n) is 8.13. The number of fused-ring (bicyclic) bond motifs is 1. The van der Waals surface area contributed by atoms with Crippen molar-refractivity contribution in [3.63, 3.8) is 0 Å². The van der Waals surface area contributed by atoms with Gasteiger partial charge in [0, 0.05) is 51.4 Å². The molecule has 0 fully saturated rings. The standard InChI is InChI=1S/C27H26ClN3O2S/c1-18-7-10-20(11-8-18)27(33)29-13-14-31-16-25(22-5-3-4-6-24(22)31)34-17-26(32)30-21-12-9-19(2)23(28)15-21/h3-12,15-16H,13-14,17H2,1-2H3,(H,29,33)(H,30,32). The van der Waals surface area contributed by atoms with E-state index in [-0.39, 0.29) is 17.6 Å². The minimum absolute atomic E-state index is 0.0843. The third-order valence-electron chi connectivity index (χ3n) is 5.52. The number of halogens is 1. The minimum atomic E-state index is -0.0906. The van der Waals surface area contributed by atoms with Crippen LogP contribution in [0.2, 0.25) is 5.02 Å². The maximum absolute atomic E-state index is 12.5. The van der Waals surface area contributed by atoms with E-state index in [0.717, 1.165) is 26.9 Å². The van der Waals surface area contributed by atoms with Gasteiger partial charge in [0.05, 0.1) is 5.75 Å². The maximum atomic E-state index is 12.5. The normalized spacial score (nSPS) is 10.9. The number of benzene rings is 3. The van der Waals surface area contributed by atoms with Crippen molar-refractivity contribution in [2.75, 3.05) is 17.6 Å². The molecule has 4 aromatic rings. The van der Waals surface area contributed by atoms with E-state index in [1.54, 1.807) is 6.07 Å². The van der Waals surface area contributed by atoms with E-state index in [4.69, 9.17) is 11.6 Å². The number of hydrogen-bond acceptors (Lipinski definition) is 3. The average Bonchev–Trinajstić information content (AvgIpc) is 3.18. The van der Waals surface area contributed by atoms with Crippen LogP contribution in [-0.2, 0) is 11.3 Å². The van der Waals surface area contributed by atoms with Crippen LogP contribution in [0.5, 0.6) is 0 Å². The van der Waals surface area contributed by atoms with E-state index in [0.29, 0.717) is 29.4 Å². The number of thioether (sulfide) groups is 1. The summed E-state index contributed by atoms with van der Waals surface area (Å²) in [5.74, 6) is 0.106. The zero-order chi connectivity index (χ0) is 24.1. The van der Waals surface area contributed by atoms with Crippen molar-refractivity contribution in [1.82, 2.24) is 9.88 Å². The van der Waals surface area contributed by atoms with Crippen molar-refractivity contribution in [1.29, 1.82) is 0 Å². The molecule has 0 spiro atoms. The van der Waals surface area contributed by atoms with Gasteiger partial charge in [0.15, 0.2) is 0 Å². The van der Waals surface area contributed by atoms with Crippen LogP contribution < -0.4 is 10.6 Å². The van der Waals surface area contributed by atoms with Gasteiger partial charge in [-0.15, -0.1) is 11.8 Å². The molecular weight excluding hydrogens is 466 g/mol. The molecule has 7 heteroatoms. The monoisotopic (exact) mass is 491 g/mol. The molecule has 0 aliphatic rings. The summed E-state index contributed by atoms with van der Waals surface area (Å²) >= 11 is 7.65. The zero-order valence-corrected chi connectivity index (χ0v) is 20.7. The molecule has 1 heterocycles. The molecule has 0 bridgehead atoms. The van der Waals surface area contributed by atoms with E-state index in [9.17, 15) is 9.59 Å². The van der Waals surface area contributed by atoms with Gasteiger partial charge in [-0.05, 0) is 49.7 Å². The highest BCUT2D eigenvalue weighted by Crippen LogP contribution is 2.30. The predicted octanol–water partition coefficient (Wildman–Crippen LogP) is 6.07. The van der Waals surface area contributed by atoms with Gasteiger partial charge in [0.1, 0.15) is 0 Å². The fourth-order valence-electron chi connectivity index (χ4n) is 3.62. The number of aryl methyl sites for hydroxylation is 2. The summed E-state index contributed by atoms with van der Waals surface area (Å²) < 4.78 is 2.12. The number of amides is 2. The number of hydrogen-bond donors (Lipinski definition) is 2. The molecule has 34 heavy (non-hydrogen) atoms. The summed E-state index contributed by atoms with van der Waals surface area (Å²) in [6.45, 7) is 5.06. The van der Waals surface area contributed by atoms with Crippen LogP contribution in [0.15, 0.2) is 77.8 Å². The Morgan fingerprint density at radius 1 is 1.00 bits per heavy atom. The second kappa shape index (κ2) is 10.8. The summed E-state index contributed by atoms with van der Waals surface area (Å²) in [5.41, 5.74) is 4.50. The third kappa shape index (κ3) is 5.82. The van der Waals surface area contributed by atoms with E-state index < -0.39 is 0 Å². The number of aromatic nitrogens is 1. The van der Waals surface area contributed by atoms with Crippen LogP contribution in [-0.4, -0.2) is 28.7 Å². The van der Waals surface area contributed by atoms with Gasteiger partial charge < -0.3 is 15.2 Å². The van der Waals surface area contributed by atoms with Crippen molar-refractivity contribution in [3.05, 3.63) is 94.6 Å². The minimum Gasteiger partial charge on any atom is -0.350 e. The third-order valence-corrected chi connectivity index (χ3v) is 6.97. The Labute approximate surface area is 208 Å². The lowest BCUT2D eigenvalue weighted by Gasteiger charge is -2.08. The lowest BCUT2D eigenvalue weighted by molar-refractivity contribution is -0.113.